The Bertz CT molecular complexity index is 440. The molecule has 6 heteroatoms. The minimum Gasteiger partial charge on any atom is -0.484 e. The van der Waals surface area contributed by atoms with Gasteiger partial charge in [-0.25, -0.2) is 4.39 Å². The molecule has 21 heavy (non-hydrogen) atoms. The van der Waals surface area contributed by atoms with Crippen LogP contribution in [0, 0.1) is 11.7 Å². The lowest BCUT2D eigenvalue weighted by atomic mass is 9.91. The lowest BCUT2D eigenvalue weighted by Crippen LogP contribution is -2.53. The molecular formula is C15H24ClFN2O2. The summed E-state index contributed by atoms with van der Waals surface area (Å²) in [5.74, 6) is 0.319. The predicted octanol–water partition coefficient (Wildman–Crippen LogP) is 2.51. The molecule has 1 aromatic rings. The summed E-state index contributed by atoms with van der Waals surface area (Å²) in [5.41, 5.74) is 5.30. The average Bonchev–Trinajstić information content (AvgIpc) is 2.37. The molecule has 1 atom stereocenters. The fourth-order valence-electron chi connectivity index (χ4n) is 2.14. The quantitative estimate of drug-likeness (QED) is 0.812. The minimum atomic E-state index is -0.433. The van der Waals surface area contributed by atoms with Crippen LogP contribution >= 0.6 is 12.4 Å². The van der Waals surface area contributed by atoms with E-state index in [2.05, 4.69) is 19.2 Å². The van der Waals surface area contributed by atoms with Crippen LogP contribution in [0.3, 0.4) is 0 Å². The van der Waals surface area contributed by atoms with Crippen LogP contribution in [-0.2, 0) is 4.79 Å². The normalized spacial score (nSPS) is 13.2. The molecule has 0 bridgehead atoms. The SMILES string of the molecule is CC(C)CC(C)(CN)NC(=O)COc1ccc(F)cc1.Cl. The number of hydrogen-bond donors (Lipinski definition) is 2. The molecule has 1 rings (SSSR count). The highest BCUT2D eigenvalue weighted by Crippen LogP contribution is 2.15. The fraction of sp³-hybridized carbons (Fsp3) is 0.533. The van der Waals surface area contributed by atoms with Crippen LogP contribution in [0.1, 0.15) is 27.2 Å². The summed E-state index contributed by atoms with van der Waals surface area (Å²) in [5, 5.41) is 2.89. The molecule has 1 amide bonds. The maximum absolute atomic E-state index is 12.7. The zero-order valence-corrected chi connectivity index (χ0v) is 13.5. The Morgan fingerprint density at radius 1 is 1.38 bits per heavy atom. The van der Waals surface area contributed by atoms with E-state index in [4.69, 9.17) is 10.5 Å². The van der Waals surface area contributed by atoms with Gasteiger partial charge in [-0.2, -0.15) is 0 Å². The molecule has 0 aromatic heterocycles. The van der Waals surface area contributed by atoms with E-state index in [9.17, 15) is 9.18 Å². The molecule has 0 saturated heterocycles. The Kier molecular flexibility index (Phi) is 8.29. The smallest absolute Gasteiger partial charge is 0.258 e. The summed E-state index contributed by atoms with van der Waals surface area (Å²) in [7, 11) is 0. The van der Waals surface area contributed by atoms with Gasteiger partial charge in [0.15, 0.2) is 6.61 Å². The second kappa shape index (κ2) is 8.85. The van der Waals surface area contributed by atoms with Gasteiger partial charge in [0, 0.05) is 12.1 Å². The Morgan fingerprint density at radius 2 is 1.95 bits per heavy atom. The van der Waals surface area contributed by atoms with Crippen LogP contribution in [0.15, 0.2) is 24.3 Å². The summed E-state index contributed by atoms with van der Waals surface area (Å²) in [6, 6.07) is 5.55. The number of halogens is 2. The number of nitrogens with two attached hydrogens (primary N) is 1. The maximum Gasteiger partial charge on any atom is 0.258 e. The summed E-state index contributed by atoms with van der Waals surface area (Å²) in [4.78, 5) is 11.9. The predicted molar refractivity (Wildman–Crippen MR) is 84.2 cm³/mol. The number of carbonyl (C=O) groups excluding carboxylic acids is 1. The summed E-state index contributed by atoms with van der Waals surface area (Å²) in [6.45, 7) is 6.33. The monoisotopic (exact) mass is 318 g/mol. The fourth-order valence-corrected chi connectivity index (χ4v) is 2.14. The average molecular weight is 319 g/mol. The molecule has 0 aliphatic rings. The van der Waals surface area contributed by atoms with Crippen LogP contribution < -0.4 is 15.8 Å². The van der Waals surface area contributed by atoms with Crippen LogP contribution in [0.5, 0.6) is 5.75 Å². The molecular weight excluding hydrogens is 295 g/mol. The van der Waals surface area contributed by atoms with E-state index in [1.165, 1.54) is 24.3 Å². The number of nitrogens with one attached hydrogen (secondary N) is 1. The van der Waals surface area contributed by atoms with Crippen LogP contribution in [0.25, 0.3) is 0 Å². The van der Waals surface area contributed by atoms with Crippen molar-refractivity contribution in [3.8, 4) is 5.75 Å². The lowest BCUT2D eigenvalue weighted by Gasteiger charge is -2.31. The Labute approximate surface area is 131 Å². The van der Waals surface area contributed by atoms with E-state index in [1.54, 1.807) is 0 Å². The van der Waals surface area contributed by atoms with Gasteiger partial charge in [0.2, 0.25) is 0 Å². The van der Waals surface area contributed by atoms with Gasteiger partial charge in [-0.05, 0) is 43.5 Å². The highest BCUT2D eigenvalue weighted by molar-refractivity contribution is 5.85. The molecule has 3 N–H and O–H groups in total. The van der Waals surface area contributed by atoms with E-state index in [0.717, 1.165) is 6.42 Å². The second-order valence-corrected chi connectivity index (χ2v) is 5.65. The number of hydrogen-bond acceptors (Lipinski definition) is 3. The van der Waals surface area contributed by atoms with Gasteiger partial charge >= 0.3 is 0 Å². The van der Waals surface area contributed by atoms with Gasteiger partial charge in [-0.1, -0.05) is 13.8 Å². The van der Waals surface area contributed by atoms with Gasteiger partial charge < -0.3 is 15.8 Å². The minimum absolute atomic E-state index is 0. The molecule has 4 nitrogen and oxygen atoms in total. The Hall–Kier alpha value is -1.33. The number of ether oxygens (including phenoxy) is 1. The van der Waals surface area contributed by atoms with Gasteiger partial charge in [0.1, 0.15) is 11.6 Å². The zero-order chi connectivity index (χ0) is 15.2. The van der Waals surface area contributed by atoms with Gasteiger partial charge in [0.25, 0.3) is 5.91 Å². The van der Waals surface area contributed by atoms with Crippen molar-refractivity contribution in [1.82, 2.24) is 5.32 Å². The van der Waals surface area contributed by atoms with Gasteiger partial charge in [-0.3, -0.25) is 4.79 Å². The zero-order valence-electron chi connectivity index (χ0n) is 12.7. The Balaban J connectivity index is 0.00000400. The third-order valence-corrected chi connectivity index (χ3v) is 2.93. The van der Waals surface area contributed by atoms with Crippen molar-refractivity contribution in [1.29, 1.82) is 0 Å². The highest BCUT2D eigenvalue weighted by atomic mass is 35.5. The summed E-state index contributed by atoms with van der Waals surface area (Å²) in [6.07, 6.45) is 0.797. The van der Waals surface area contributed by atoms with Gasteiger partial charge in [-0.15, -0.1) is 12.4 Å². The van der Waals surface area contributed by atoms with E-state index in [1.807, 2.05) is 6.92 Å². The molecule has 0 aliphatic carbocycles. The lowest BCUT2D eigenvalue weighted by molar-refractivity contribution is -0.125. The standard InChI is InChI=1S/C15H23FN2O2.ClH/c1-11(2)8-15(3,10-17)18-14(19)9-20-13-6-4-12(16)5-7-13;/h4-7,11H,8-10,17H2,1-3H3,(H,18,19);1H. The van der Waals surface area contributed by atoms with Crippen molar-refractivity contribution in [2.45, 2.75) is 32.7 Å². The van der Waals surface area contributed by atoms with Crippen molar-refractivity contribution in [2.75, 3.05) is 13.2 Å². The molecule has 1 unspecified atom stereocenters. The third-order valence-electron chi connectivity index (χ3n) is 2.93. The maximum atomic E-state index is 12.7. The molecule has 0 radical (unpaired) electrons. The number of carbonyl (C=O) groups is 1. The van der Waals surface area contributed by atoms with Crippen molar-refractivity contribution in [3.05, 3.63) is 30.1 Å². The van der Waals surface area contributed by atoms with Crippen molar-refractivity contribution < 1.29 is 13.9 Å². The molecule has 0 spiro atoms. The molecule has 0 saturated carbocycles. The van der Waals surface area contributed by atoms with Crippen LogP contribution in [0.4, 0.5) is 4.39 Å². The van der Waals surface area contributed by atoms with Crippen molar-refractivity contribution >= 4 is 18.3 Å². The molecule has 0 fully saturated rings. The molecule has 0 aliphatic heterocycles. The first-order valence-electron chi connectivity index (χ1n) is 6.74. The van der Waals surface area contributed by atoms with Crippen molar-refractivity contribution in [3.63, 3.8) is 0 Å². The molecule has 120 valence electrons. The van der Waals surface area contributed by atoms with Gasteiger partial charge in [0.05, 0.1) is 0 Å². The number of benzene rings is 1. The molecule has 1 aromatic carbocycles. The summed E-state index contributed by atoms with van der Waals surface area (Å²) >= 11 is 0. The summed E-state index contributed by atoms with van der Waals surface area (Å²) < 4.78 is 18.0. The largest absolute Gasteiger partial charge is 0.484 e. The third kappa shape index (κ3) is 7.29. The first-order chi connectivity index (χ1) is 9.34. The molecule has 0 heterocycles. The van der Waals surface area contributed by atoms with Crippen molar-refractivity contribution in [2.24, 2.45) is 11.7 Å². The first-order valence-corrected chi connectivity index (χ1v) is 6.74. The van der Waals surface area contributed by atoms with E-state index in [-0.39, 0.29) is 30.7 Å². The highest BCUT2D eigenvalue weighted by Gasteiger charge is 2.25. The Morgan fingerprint density at radius 3 is 2.43 bits per heavy atom. The first kappa shape index (κ1) is 19.7. The van der Waals surface area contributed by atoms with Crippen LogP contribution in [0.2, 0.25) is 0 Å². The number of rotatable bonds is 7. The van der Waals surface area contributed by atoms with E-state index >= 15 is 0 Å². The van der Waals surface area contributed by atoms with Crippen LogP contribution in [-0.4, -0.2) is 24.6 Å². The topological polar surface area (TPSA) is 64.3 Å². The van der Waals surface area contributed by atoms with E-state index < -0.39 is 5.54 Å². The number of amides is 1. The van der Waals surface area contributed by atoms with E-state index in [0.29, 0.717) is 18.2 Å². The second-order valence-electron chi connectivity index (χ2n) is 5.65.